The van der Waals surface area contributed by atoms with Gasteiger partial charge in [-0.2, -0.15) is 0 Å². The first-order valence-corrected chi connectivity index (χ1v) is 2.59. The molecule has 0 rings (SSSR count). The highest BCUT2D eigenvalue weighted by molar-refractivity contribution is 6.27. The minimum atomic E-state index is -1.82. The fourth-order valence-corrected chi connectivity index (χ4v) is 0. The van der Waals surface area contributed by atoms with E-state index in [0.29, 0.717) is 0 Å². The van der Waals surface area contributed by atoms with Gasteiger partial charge in [0, 0.05) is 6.42 Å². The molecule has 0 aliphatic rings. The smallest absolute Gasteiger partial charge is 0.414 e. The van der Waals surface area contributed by atoms with Gasteiger partial charge in [0.05, 0.1) is 0 Å². The van der Waals surface area contributed by atoms with Crippen molar-refractivity contribution in [2.24, 2.45) is 0 Å². The molecule has 0 heterocycles. The number of carboxylic acid groups (broad SMARTS) is 3. The molecule has 0 atom stereocenters. The lowest BCUT2D eigenvalue weighted by molar-refractivity contribution is -0.159. The average Bonchev–Trinajstić information content (AvgIpc) is 1.89. The first-order valence-electron chi connectivity index (χ1n) is 2.59. The van der Waals surface area contributed by atoms with E-state index in [-0.39, 0.29) is 18.7 Å². The van der Waals surface area contributed by atoms with Crippen molar-refractivity contribution >= 4 is 17.9 Å². The zero-order valence-corrected chi connectivity index (χ0v) is 7.19. The number of hydrogen-bond donors (Lipinski definition) is 5. The van der Waals surface area contributed by atoms with Gasteiger partial charge in [-0.05, 0) is 0 Å². The summed E-state index contributed by atoms with van der Waals surface area (Å²) in [5.41, 5.74) is 0. The van der Waals surface area contributed by atoms with Crippen LogP contribution in [0.15, 0.2) is 0 Å². The molecule has 0 aromatic heterocycles. The lowest BCUT2D eigenvalue weighted by Crippen LogP contribution is -2.09. The Labute approximate surface area is 74.3 Å². The maximum Gasteiger partial charge on any atom is 0.414 e. The highest BCUT2D eigenvalue weighted by Gasteiger charge is 2.04. The molecule has 0 fully saturated rings. The molecule has 0 bridgehead atoms. The minimum absolute atomic E-state index is 0. The standard InChI is InChI=1S/C3H6O2.C2H2O4.2H3N/c1-2-3(4)5;3-1(4)2(5)6;;/h2H2,1H3,(H,4,5);(H,3,4)(H,5,6);2*1H3. The van der Waals surface area contributed by atoms with Crippen molar-refractivity contribution in [3.8, 4) is 0 Å². The van der Waals surface area contributed by atoms with Crippen molar-refractivity contribution in [1.29, 1.82) is 0 Å². The molecule has 8 heteroatoms. The summed E-state index contributed by atoms with van der Waals surface area (Å²) < 4.78 is 0. The maximum atomic E-state index is 9.37. The van der Waals surface area contributed by atoms with E-state index < -0.39 is 17.9 Å². The topological polar surface area (TPSA) is 182 Å². The van der Waals surface area contributed by atoms with Gasteiger partial charge in [0.1, 0.15) is 0 Å². The summed E-state index contributed by atoms with van der Waals surface area (Å²) in [6.07, 6.45) is 0.222. The SMILES string of the molecule is CCC(=O)O.N.N.O=C(O)C(=O)O. The summed E-state index contributed by atoms with van der Waals surface area (Å²) in [6, 6.07) is 0. The van der Waals surface area contributed by atoms with Gasteiger partial charge in [0.15, 0.2) is 0 Å². The van der Waals surface area contributed by atoms with Crippen molar-refractivity contribution in [3.63, 3.8) is 0 Å². The van der Waals surface area contributed by atoms with Crippen LogP contribution in [0.25, 0.3) is 0 Å². The van der Waals surface area contributed by atoms with Crippen LogP contribution in [0.4, 0.5) is 0 Å². The van der Waals surface area contributed by atoms with Gasteiger partial charge in [-0.25, -0.2) is 9.59 Å². The molecule has 8 nitrogen and oxygen atoms in total. The Morgan fingerprint density at radius 2 is 1.08 bits per heavy atom. The summed E-state index contributed by atoms with van der Waals surface area (Å²) in [4.78, 5) is 27.6. The third-order valence-corrected chi connectivity index (χ3v) is 0.485. The van der Waals surface area contributed by atoms with E-state index in [2.05, 4.69) is 0 Å². The van der Waals surface area contributed by atoms with E-state index in [1.54, 1.807) is 6.92 Å². The molecule has 0 aromatic carbocycles. The molecule has 9 N–H and O–H groups in total. The summed E-state index contributed by atoms with van der Waals surface area (Å²) in [5, 5.41) is 22.5. The fourth-order valence-electron chi connectivity index (χ4n) is 0. The second-order valence-electron chi connectivity index (χ2n) is 1.36. The Kier molecular flexibility index (Phi) is 22.4. The Hall–Kier alpha value is -1.67. The second kappa shape index (κ2) is 13.0. The third kappa shape index (κ3) is 38.2. The molecule has 0 radical (unpaired) electrons. The first-order chi connectivity index (χ1) is 4.91. The number of rotatable bonds is 1. The van der Waals surface area contributed by atoms with E-state index in [0.717, 1.165) is 0 Å². The number of carbonyl (C=O) groups is 3. The zero-order chi connectivity index (χ0) is 9.44. The van der Waals surface area contributed by atoms with E-state index in [1.165, 1.54) is 0 Å². The summed E-state index contributed by atoms with van der Waals surface area (Å²) in [6.45, 7) is 1.60. The molecule has 0 aliphatic carbocycles. The lowest BCUT2D eigenvalue weighted by Gasteiger charge is -1.72. The molecule has 80 valence electrons. The van der Waals surface area contributed by atoms with Crippen LogP contribution in [0.5, 0.6) is 0 Å². The minimum Gasteiger partial charge on any atom is -0.481 e. The highest BCUT2D eigenvalue weighted by atomic mass is 16.4. The van der Waals surface area contributed by atoms with Gasteiger partial charge in [-0.1, -0.05) is 6.92 Å². The van der Waals surface area contributed by atoms with Gasteiger partial charge >= 0.3 is 17.9 Å². The predicted octanol–water partition coefficient (Wildman–Crippen LogP) is -0.0394. The van der Waals surface area contributed by atoms with Crippen LogP contribution in [0, 0.1) is 0 Å². The molecule has 0 spiro atoms. The normalized spacial score (nSPS) is 6.23. The fraction of sp³-hybridized carbons (Fsp3) is 0.400. The summed E-state index contributed by atoms with van der Waals surface area (Å²) in [5.74, 6) is -4.39. The van der Waals surface area contributed by atoms with Crippen molar-refractivity contribution < 1.29 is 29.7 Å². The largest absolute Gasteiger partial charge is 0.481 e. The zero-order valence-electron chi connectivity index (χ0n) is 7.19. The maximum absolute atomic E-state index is 9.37. The van der Waals surface area contributed by atoms with Crippen LogP contribution in [0.1, 0.15) is 13.3 Å². The average molecular weight is 198 g/mol. The van der Waals surface area contributed by atoms with E-state index in [4.69, 9.17) is 24.9 Å². The van der Waals surface area contributed by atoms with Crippen molar-refractivity contribution in [1.82, 2.24) is 12.3 Å². The number of aliphatic carboxylic acids is 3. The third-order valence-electron chi connectivity index (χ3n) is 0.485. The van der Waals surface area contributed by atoms with Crippen molar-refractivity contribution in [3.05, 3.63) is 0 Å². The van der Waals surface area contributed by atoms with Crippen LogP contribution in [0.2, 0.25) is 0 Å². The molecule has 13 heavy (non-hydrogen) atoms. The number of hydrogen-bond acceptors (Lipinski definition) is 5. The van der Waals surface area contributed by atoms with Gasteiger partial charge in [0.25, 0.3) is 0 Å². The summed E-state index contributed by atoms with van der Waals surface area (Å²) in [7, 11) is 0. The van der Waals surface area contributed by atoms with Crippen LogP contribution in [-0.2, 0) is 14.4 Å². The van der Waals surface area contributed by atoms with Crippen LogP contribution in [-0.4, -0.2) is 33.2 Å². The first kappa shape index (κ1) is 22.5. The molecule has 0 saturated heterocycles. The van der Waals surface area contributed by atoms with Gasteiger partial charge in [0.2, 0.25) is 0 Å². The number of carboxylic acids is 3. The molecular formula is C5H14N2O6. The van der Waals surface area contributed by atoms with Crippen molar-refractivity contribution in [2.75, 3.05) is 0 Å². The van der Waals surface area contributed by atoms with Crippen molar-refractivity contribution in [2.45, 2.75) is 13.3 Å². The molecule has 0 aromatic rings. The van der Waals surface area contributed by atoms with E-state index in [1.807, 2.05) is 0 Å². The second-order valence-corrected chi connectivity index (χ2v) is 1.36. The lowest BCUT2D eigenvalue weighted by atomic mass is 10.5. The highest BCUT2D eigenvalue weighted by Crippen LogP contribution is 1.67. The predicted molar refractivity (Wildman–Crippen MR) is 43.2 cm³/mol. The quantitative estimate of drug-likeness (QED) is 0.363. The van der Waals surface area contributed by atoms with Crippen LogP contribution >= 0.6 is 0 Å². The van der Waals surface area contributed by atoms with Gasteiger partial charge in [-0.3, -0.25) is 4.79 Å². The van der Waals surface area contributed by atoms with Gasteiger partial charge < -0.3 is 27.6 Å². The molecular weight excluding hydrogens is 184 g/mol. The van der Waals surface area contributed by atoms with E-state index >= 15 is 0 Å². The van der Waals surface area contributed by atoms with E-state index in [9.17, 15) is 4.79 Å². The Morgan fingerprint density at radius 1 is 0.923 bits per heavy atom. The molecule has 0 aliphatic heterocycles. The molecule has 0 unspecified atom stereocenters. The monoisotopic (exact) mass is 198 g/mol. The summed E-state index contributed by atoms with van der Waals surface area (Å²) >= 11 is 0. The Morgan fingerprint density at radius 3 is 1.08 bits per heavy atom. The Balaban J connectivity index is -0.0000000546. The van der Waals surface area contributed by atoms with Crippen LogP contribution in [0.3, 0.4) is 0 Å². The van der Waals surface area contributed by atoms with Crippen LogP contribution < -0.4 is 12.3 Å². The molecule has 0 saturated carbocycles. The Bertz CT molecular complexity index is 156. The molecule has 0 amide bonds. The van der Waals surface area contributed by atoms with Gasteiger partial charge in [-0.15, -0.1) is 0 Å².